The summed E-state index contributed by atoms with van der Waals surface area (Å²) in [6.07, 6.45) is 0. The van der Waals surface area contributed by atoms with E-state index in [0.717, 1.165) is 43.1 Å². The molecule has 0 unspecified atom stereocenters. The van der Waals surface area contributed by atoms with E-state index < -0.39 is 0 Å². The molecule has 1 fully saturated rings. The lowest BCUT2D eigenvalue weighted by molar-refractivity contribution is -0.914. The summed E-state index contributed by atoms with van der Waals surface area (Å²) in [5, 5.41) is 10.0. The van der Waals surface area contributed by atoms with E-state index in [1.807, 2.05) is 39.0 Å². The van der Waals surface area contributed by atoms with Crippen molar-refractivity contribution >= 4 is 17.3 Å². The topological polar surface area (TPSA) is 77.8 Å². The van der Waals surface area contributed by atoms with Crippen molar-refractivity contribution in [1.82, 2.24) is 4.98 Å². The first-order chi connectivity index (χ1) is 12.8. The molecule has 3 rings (SSSR count). The zero-order valence-electron chi connectivity index (χ0n) is 16.4. The minimum atomic E-state index is -0.187. The maximum absolute atomic E-state index is 13.0. The fourth-order valence-corrected chi connectivity index (χ4v) is 4.13. The van der Waals surface area contributed by atoms with Crippen LogP contribution in [0, 0.1) is 13.8 Å². The second-order valence-corrected chi connectivity index (χ2v) is 7.40. The van der Waals surface area contributed by atoms with E-state index in [-0.39, 0.29) is 17.6 Å². The molecular formula is C21H28N3O3+. The van der Waals surface area contributed by atoms with Crippen LogP contribution in [0.4, 0.5) is 5.69 Å². The highest BCUT2D eigenvalue weighted by molar-refractivity contribution is 6.04. The number of piperazine rings is 1. The molecule has 3 N–H and O–H groups in total. The van der Waals surface area contributed by atoms with Crippen molar-refractivity contribution in [2.45, 2.75) is 33.7 Å². The first-order valence-electron chi connectivity index (χ1n) is 9.43. The SMILES string of the molecule is CC(=O)c1c(C)[nH]c(C(=O)[C@@H](C)[NH+]2CCN(c3ccccc3O)CC2)c1C. The van der Waals surface area contributed by atoms with E-state index in [4.69, 9.17) is 0 Å². The Morgan fingerprint density at radius 3 is 2.37 bits per heavy atom. The monoisotopic (exact) mass is 370 g/mol. The number of aromatic nitrogens is 1. The number of aromatic hydroxyl groups is 1. The Morgan fingerprint density at radius 1 is 1.19 bits per heavy atom. The van der Waals surface area contributed by atoms with Gasteiger partial charge in [0.25, 0.3) is 0 Å². The number of benzene rings is 1. The Kier molecular flexibility index (Phi) is 5.37. The summed E-state index contributed by atoms with van der Waals surface area (Å²) >= 11 is 0. The average molecular weight is 370 g/mol. The largest absolute Gasteiger partial charge is 0.506 e. The number of ketones is 2. The molecule has 1 atom stereocenters. The Hall–Kier alpha value is -2.60. The van der Waals surface area contributed by atoms with Gasteiger partial charge in [-0.05, 0) is 45.4 Å². The third-order valence-electron chi connectivity index (χ3n) is 5.67. The van der Waals surface area contributed by atoms with Crippen molar-refractivity contribution in [3.63, 3.8) is 0 Å². The van der Waals surface area contributed by atoms with Gasteiger partial charge in [-0.25, -0.2) is 0 Å². The molecule has 0 bridgehead atoms. The number of hydrogen-bond donors (Lipinski definition) is 3. The van der Waals surface area contributed by atoms with Crippen LogP contribution in [0.25, 0.3) is 0 Å². The van der Waals surface area contributed by atoms with E-state index >= 15 is 0 Å². The molecule has 1 aliphatic heterocycles. The van der Waals surface area contributed by atoms with Gasteiger partial charge in [0, 0.05) is 11.3 Å². The fraction of sp³-hybridized carbons (Fsp3) is 0.429. The second kappa shape index (κ2) is 7.56. The third-order valence-corrected chi connectivity index (χ3v) is 5.67. The van der Waals surface area contributed by atoms with Crippen LogP contribution in [0.3, 0.4) is 0 Å². The molecule has 6 heteroatoms. The standard InChI is InChI=1S/C21H27N3O3/c1-13-19(16(4)25)14(2)22-20(13)21(27)15(3)23-9-11-24(12-10-23)17-7-5-6-8-18(17)26/h5-8,15,22,26H,9-12H2,1-4H3/p+1/t15-/m1/s1. The average Bonchev–Trinajstić information content (AvgIpc) is 2.95. The molecule has 0 radical (unpaired) electrons. The molecule has 0 amide bonds. The second-order valence-electron chi connectivity index (χ2n) is 7.40. The lowest BCUT2D eigenvalue weighted by Gasteiger charge is -2.36. The summed E-state index contributed by atoms with van der Waals surface area (Å²) in [5.74, 6) is 0.324. The summed E-state index contributed by atoms with van der Waals surface area (Å²) in [5.41, 5.74) is 3.54. The number of rotatable bonds is 5. The molecule has 144 valence electrons. The van der Waals surface area contributed by atoms with Crippen molar-refractivity contribution in [1.29, 1.82) is 0 Å². The van der Waals surface area contributed by atoms with E-state index in [2.05, 4.69) is 9.88 Å². The van der Waals surface area contributed by atoms with Crippen LogP contribution < -0.4 is 9.80 Å². The van der Waals surface area contributed by atoms with Crippen LogP contribution in [0.15, 0.2) is 24.3 Å². The first kappa shape index (κ1) is 19.2. The number of hydrogen-bond acceptors (Lipinski definition) is 4. The number of para-hydroxylation sites is 2. The number of aromatic amines is 1. The molecule has 2 aromatic rings. The van der Waals surface area contributed by atoms with Crippen LogP contribution >= 0.6 is 0 Å². The zero-order chi connectivity index (χ0) is 19.7. The Balaban J connectivity index is 1.70. The van der Waals surface area contributed by atoms with Crippen molar-refractivity contribution in [2.75, 3.05) is 31.1 Å². The van der Waals surface area contributed by atoms with E-state index in [0.29, 0.717) is 17.0 Å². The number of phenols is 1. The van der Waals surface area contributed by atoms with Crippen LogP contribution in [-0.4, -0.2) is 53.9 Å². The van der Waals surface area contributed by atoms with Gasteiger partial charge in [0.1, 0.15) is 5.75 Å². The highest BCUT2D eigenvalue weighted by atomic mass is 16.3. The molecule has 0 spiro atoms. The highest BCUT2D eigenvalue weighted by Gasteiger charge is 2.32. The van der Waals surface area contributed by atoms with Gasteiger partial charge in [0.15, 0.2) is 11.8 Å². The maximum atomic E-state index is 13.0. The van der Waals surface area contributed by atoms with E-state index in [1.54, 1.807) is 6.07 Å². The minimum absolute atomic E-state index is 0.0171. The van der Waals surface area contributed by atoms with Gasteiger partial charge in [0.2, 0.25) is 5.78 Å². The number of quaternary nitrogens is 1. The van der Waals surface area contributed by atoms with Crippen molar-refractivity contribution in [3.8, 4) is 5.75 Å². The first-order valence-corrected chi connectivity index (χ1v) is 9.43. The predicted molar refractivity (Wildman–Crippen MR) is 105 cm³/mol. The number of carbonyl (C=O) groups is 2. The molecule has 0 aliphatic carbocycles. The molecule has 27 heavy (non-hydrogen) atoms. The number of anilines is 1. The van der Waals surface area contributed by atoms with Gasteiger partial charge in [-0.1, -0.05) is 12.1 Å². The quantitative estimate of drug-likeness (QED) is 0.698. The summed E-state index contributed by atoms with van der Waals surface area (Å²) in [6.45, 7) is 10.4. The number of Topliss-reactive ketones (excluding diaryl/α,β-unsaturated/α-hetero) is 2. The number of phenolic OH excluding ortho intramolecular Hbond substituents is 1. The number of nitrogens with one attached hydrogen (secondary N) is 2. The van der Waals surface area contributed by atoms with Crippen molar-refractivity contribution in [2.24, 2.45) is 0 Å². The highest BCUT2D eigenvalue weighted by Crippen LogP contribution is 2.26. The summed E-state index contributed by atoms with van der Waals surface area (Å²) in [4.78, 5) is 31.4. The number of carbonyl (C=O) groups excluding carboxylic acids is 2. The Bertz CT molecular complexity index is 864. The summed E-state index contributed by atoms with van der Waals surface area (Å²) in [7, 11) is 0. The van der Waals surface area contributed by atoms with Gasteiger partial charge in [-0.15, -0.1) is 0 Å². The molecule has 1 aromatic heterocycles. The molecular weight excluding hydrogens is 342 g/mol. The number of aryl methyl sites for hydroxylation is 1. The third kappa shape index (κ3) is 3.62. The van der Waals surface area contributed by atoms with Crippen LogP contribution in [0.5, 0.6) is 5.75 Å². The Morgan fingerprint density at radius 2 is 1.81 bits per heavy atom. The van der Waals surface area contributed by atoms with Crippen molar-refractivity contribution in [3.05, 3.63) is 46.8 Å². The zero-order valence-corrected chi connectivity index (χ0v) is 16.4. The van der Waals surface area contributed by atoms with Crippen LogP contribution in [0.1, 0.15) is 46.0 Å². The molecule has 2 heterocycles. The minimum Gasteiger partial charge on any atom is -0.506 e. The molecule has 1 aromatic carbocycles. The normalized spacial score (nSPS) is 16.4. The van der Waals surface area contributed by atoms with Crippen LogP contribution in [-0.2, 0) is 0 Å². The number of H-pyrrole nitrogens is 1. The van der Waals surface area contributed by atoms with Gasteiger partial charge >= 0.3 is 0 Å². The van der Waals surface area contributed by atoms with Gasteiger partial charge in [-0.3, -0.25) is 9.59 Å². The molecule has 0 saturated carbocycles. The van der Waals surface area contributed by atoms with Crippen molar-refractivity contribution < 1.29 is 19.6 Å². The lowest BCUT2D eigenvalue weighted by atomic mass is 10.0. The predicted octanol–water partition coefficient (Wildman–Crippen LogP) is 1.52. The molecule has 6 nitrogen and oxygen atoms in total. The van der Waals surface area contributed by atoms with Gasteiger partial charge < -0.3 is 19.9 Å². The van der Waals surface area contributed by atoms with Gasteiger partial charge in [-0.2, -0.15) is 0 Å². The van der Waals surface area contributed by atoms with E-state index in [9.17, 15) is 14.7 Å². The Labute approximate surface area is 159 Å². The smallest absolute Gasteiger partial charge is 0.235 e. The summed E-state index contributed by atoms with van der Waals surface area (Å²) < 4.78 is 0. The fourth-order valence-electron chi connectivity index (χ4n) is 4.13. The maximum Gasteiger partial charge on any atom is 0.235 e. The number of nitrogens with zero attached hydrogens (tertiary/aromatic N) is 1. The summed E-state index contributed by atoms with van der Waals surface area (Å²) in [6, 6.07) is 7.17. The molecule has 1 saturated heterocycles. The lowest BCUT2D eigenvalue weighted by Crippen LogP contribution is -3.18. The van der Waals surface area contributed by atoms with E-state index in [1.165, 1.54) is 11.8 Å². The van der Waals surface area contributed by atoms with Gasteiger partial charge in [0.05, 0.1) is 37.6 Å². The molecule has 1 aliphatic rings. The van der Waals surface area contributed by atoms with Crippen LogP contribution in [0.2, 0.25) is 0 Å².